The number of carboxylic acids is 1. The number of aliphatic carboxylic acids is 1. The Bertz CT molecular complexity index is 467. The normalized spacial score (nSPS) is 12.6. The lowest BCUT2D eigenvalue weighted by molar-refractivity contribution is -0.138. The molecule has 0 aliphatic rings. The van der Waals surface area contributed by atoms with E-state index in [-0.39, 0.29) is 17.0 Å². The van der Waals surface area contributed by atoms with Gasteiger partial charge < -0.3 is 5.11 Å². The number of carboxylic acid groups (broad SMARTS) is 1. The van der Waals surface area contributed by atoms with Gasteiger partial charge in [-0.3, -0.25) is 4.79 Å². The summed E-state index contributed by atoms with van der Waals surface area (Å²) < 4.78 is 37.8. The molecule has 0 heterocycles. The van der Waals surface area contributed by atoms with Crippen molar-refractivity contribution in [2.24, 2.45) is 0 Å². The molecule has 18 heavy (non-hydrogen) atoms. The van der Waals surface area contributed by atoms with E-state index in [1.165, 1.54) is 0 Å². The summed E-state index contributed by atoms with van der Waals surface area (Å²) in [6.07, 6.45) is -4.77. The van der Waals surface area contributed by atoms with E-state index in [2.05, 4.69) is 0 Å². The summed E-state index contributed by atoms with van der Waals surface area (Å²) in [5, 5.41) is 8.90. The topological polar surface area (TPSA) is 37.3 Å². The fourth-order valence-electron chi connectivity index (χ4n) is 1.69. The smallest absolute Gasteiger partial charge is 0.416 e. The minimum atomic E-state index is -4.47. The number of halogens is 4. The van der Waals surface area contributed by atoms with Gasteiger partial charge in [0.15, 0.2) is 0 Å². The van der Waals surface area contributed by atoms with Crippen molar-refractivity contribution in [3.63, 3.8) is 0 Å². The first kappa shape index (κ1) is 14.8. The zero-order valence-corrected chi connectivity index (χ0v) is 10.6. The van der Waals surface area contributed by atoms with Gasteiger partial charge in [-0.05, 0) is 23.8 Å². The van der Waals surface area contributed by atoms with E-state index >= 15 is 0 Å². The molecule has 100 valence electrons. The second-order valence-corrected chi connectivity index (χ2v) is 5.05. The molecule has 1 rings (SSSR count). The van der Waals surface area contributed by atoms with Crippen molar-refractivity contribution in [2.75, 3.05) is 0 Å². The molecule has 0 unspecified atom stereocenters. The highest BCUT2D eigenvalue weighted by atomic mass is 35.5. The molecule has 0 spiro atoms. The maximum atomic E-state index is 12.6. The van der Waals surface area contributed by atoms with Crippen molar-refractivity contribution < 1.29 is 23.1 Å². The third kappa shape index (κ3) is 3.38. The van der Waals surface area contributed by atoms with Gasteiger partial charge in [0, 0.05) is 10.4 Å². The lowest BCUT2D eigenvalue weighted by Crippen LogP contribution is -2.23. The van der Waals surface area contributed by atoms with Crippen LogP contribution in [0.15, 0.2) is 18.2 Å². The summed E-state index contributed by atoms with van der Waals surface area (Å²) in [4.78, 5) is 10.7. The number of hydrogen-bond acceptors (Lipinski definition) is 1. The Hall–Kier alpha value is -1.23. The zero-order chi connectivity index (χ0) is 14.1. The third-order valence-corrected chi connectivity index (χ3v) is 2.95. The first-order valence-corrected chi connectivity index (χ1v) is 5.51. The fraction of sp³-hybridized carbons (Fsp3) is 0.417. The second kappa shape index (κ2) is 4.80. The Morgan fingerprint density at radius 3 is 2.33 bits per heavy atom. The predicted molar refractivity (Wildman–Crippen MR) is 61.7 cm³/mol. The predicted octanol–water partition coefficient (Wildman–Crippen LogP) is 4.11. The number of rotatable bonds is 3. The van der Waals surface area contributed by atoms with E-state index in [4.69, 9.17) is 16.7 Å². The molecule has 0 aliphatic heterocycles. The van der Waals surface area contributed by atoms with Gasteiger partial charge in [-0.2, -0.15) is 13.2 Å². The van der Waals surface area contributed by atoms with Crippen LogP contribution in [0.5, 0.6) is 0 Å². The van der Waals surface area contributed by atoms with Crippen molar-refractivity contribution in [1.82, 2.24) is 0 Å². The number of carbonyl (C=O) groups is 1. The Kier molecular flexibility index (Phi) is 3.96. The lowest BCUT2D eigenvalue weighted by Gasteiger charge is -2.25. The highest BCUT2D eigenvalue weighted by Gasteiger charge is 2.34. The van der Waals surface area contributed by atoms with Crippen LogP contribution in [-0.2, 0) is 16.4 Å². The zero-order valence-electron chi connectivity index (χ0n) is 9.81. The van der Waals surface area contributed by atoms with Gasteiger partial charge in [-0.1, -0.05) is 25.4 Å². The highest BCUT2D eigenvalue weighted by Crippen LogP contribution is 2.37. The Labute approximate surface area is 107 Å². The van der Waals surface area contributed by atoms with Crippen LogP contribution in [0.25, 0.3) is 0 Å². The summed E-state index contributed by atoms with van der Waals surface area (Å²) >= 11 is 5.85. The van der Waals surface area contributed by atoms with Gasteiger partial charge in [0.25, 0.3) is 0 Å². The molecule has 0 radical (unpaired) electrons. The Balaban J connectivity index is 3.27. The van der Waals surface area contributed by atoms with Gasteiger partial charge in [0.05, 0.1) is 12.0 Å². The van der Waals surface area contributed by atoms with Crippen LogP contribution in [0.4, 0.5) is 13.2 Å². The molecular weight excluding hydrogens is 269 g/mol. The maximum absolute atomic E-state index is 12.6. The monoisotopic (exact) mass is 280 g/mol. The molecule has 1 aromatic carbocycles. The molecule has 1 aromatic rings. The summed E-state index contributed by atoms with van der Waals surface area (Å²) in [5.74, 6) is -1.09. The van der Waals surface area contributed by atoms with Crippen molar-refractivity contribution >= 4 is 17.6 Å². The average molecular weight is 281 g/mol. The van der Waals surface area contributed by atoms with Crippen LogP contribution in [0.2, 0.25) is 5.02 Å². The molecule has 0 aliphatic carbocycles. The number of alkyl halides is 3. The summed E-state index contributed by atoms with van der Waals surface area (Å²) in [6, 6.07) is 2.93. The van der Waals surface area contributed by atoms with E-state index in [1.54, 1.807) is 13.8 Å². The first-order chi connectivity index (χ1) is 8.04. The molecule has 0 saturated carbocycles. The van der Waals surface area contributed by atoms with E-state index in [1.807, 2.05) is 0 Å². The highest BCUT2D eigenvalue weighted by molar-refractivity contribution is 6.31. The average Bonchev–Trinajstić information content (AvgIpc) is 2.13. The number of hydrogen-bond donors (Lipinski definition) is 1. The largest absolute Gasteiger partial charge is 0.481 e. The van der Waals surface area contributed by atoms with Gasteiger partial charge >= 0.3 is 12.1 Å². The van der Waals surface area contributed by atoms with Crippen molar-refractivity contribution in [2.45, 2.75) is 31.9 Å². The van der Waals surface area contributed by atoms with E-state index in [9.17, 15) is 18.0 Å². The molecule has 0 atom stereocenters. The molecule has 0 fully saturated rings. The molecule has 0 aromatic heterocycles. The minimum absolute atomic E-state index is 0.134. The van der Waals surface area contributed by atoms with E-state index in [0.29, 0.717) is 0 Å². The molecule has 2 nitrogen and oxygen atoms in total. The van der Waals surface area contributed by atoms with Crippen LogP contribution < -0.4 is 0 Å². The lowest BCUT2D eigenvalue weighted by atomic mass is 9.81. The standard InChI is InChI=1S/C12H12ClF3O2/c1-11(2,6-10(17)18)8-5-7(12(14,15)16)3-4-9(8)13/h3-5H,6H2,1-2H3,(H,17,18). The third-order valence-electron chi connectivity index (χ3n) is 2.62. The molecule has 0 saturated heterocycles. The van der Waals surface area contributed by atoms with Crippen molar-refractivity contribution in [3.05, 3.63) is 34.3 Å². The van der Waals surface area contributed by atoms with Crippen LogP contribution >= 0.6 is 11.6 Å². The van der Waals surface area contributed by atoms with Crippen molar-refractivity contribution in [1.29, 1.82) is 0 Å². The molecular formula is C12H12ClF3O2. The second-order valence-electron chi connectivity index (χ2n) is 4.65. The van der Waals surface area contributed by atoms with Gasteiger partial charge in [-0.15, -0.1) is 0 Å². The maximum Gasteiger partial charge on any atom is 0.416 e. The van der Waals surface area contributed by atoms with Gasteiger partial charge in [0.1, 0.15) is 0 Å². The quantitative estimate of drug-likeness (QED) is 0.904. The summed E-state index contributed by atoms with van der Waals surface area (Å²) in [7, 11) is 0. The van der Waals surface area contributed by atoms with Crippen LogP contribution in [0.3, 0.4) is 0 Å². The molecule has 1 N–H and O–H groups in total. The summed E-state index contributed by atoms with van der Waals surface area (Å²) in [5.41, 5.74) is -1.62. The van der Waals surface area contributed by atoms with Crippen molar-refractivity contribution in [3.8, 4) is 0 Å². The van der Waals surface area contributed by atoms with Crippen LogP contribution in [0, 0.1) is 0 Å². The van der Waals surface area contributed by atoms with E-state index < -0.39 is 23.1 Å². The van der Waals surface area contributed by atoms with Gasteiger partial charge in [0.2, 0.25) is 0 Å². The number of benzene rings is 1. The molecule has 0 amide bonds. The Morgan fingerprint density at radius 2 is 1.89 bits per heavy atom. The Morgan fingerprint density at radius 1 is 1.33 bits per heavy atom. The summed E-state index contributed by atoms with van der Waals surface area (Å²) in [6.45, 7) is 3.09. The van der Waals surface area contributed by atoms with E-state index in [0.717, 1.165) is 18.2 Å². The fourth-order valence-corrected chi connectivity index (χ4v) is 2.07. The van der Waals surface area contributed by atoms with Crippen LogP contribution in [0.1, 0.15) is 31.4 Å². The SMILES string of the molecule is CC(C)(CC(=O)O)c1cc(C(F)(F)F)ccc1Cl. The van der Waals surface area contributed by atoms with Crippen LogP contribution in [-0.4, -0.2) is 11.1 Å². The minimum Gasteiger partial charge on any atom is -0.481 e. The van der Waals surface area contributed by atoms with Gasteiger partial charge in [-0.25, -0.2) is 0 Å². The molecule has 0 bridgehead atoms. The first-order valence-electron chi connectivity index (χ1n) is 5.13. The molecule has 6 heteroatoms.